The number of hydrogen-bond donors (Lipinski definition) is 1. The van der Waals surface area contributed by atoms with E-state index >= 15 is 0 Å². The molecule has 1 N–H and O–H groups in total. The summed E-state index contributed by atoms with van der Waals surface area (Å²) in [4.78, 5) is 0. The summed E-state index contributed by atoms with van der Waals surface area (Å²) in [5, 5.41) is 4.31. The number of hydrogen-bond acceptors (Lipinski definition) is 1. The van der Waals surface area contributed by atoms with Gasteiger partial charge < -0.3 is 5.32 Å². The first-order chi connectivity index (χ1) is 8.75. The highest BCUT2D eigenvalue weighted by molar-refractivity contribution is 6.30. The molecule has 2 aromatic carbocycles. The standard InChI is InChI=1S/C16H18ClN/c1-13(15-7-9-16(17)10-8-15)18-12-11-14-5-3-2-4-6-14/h2-10,13,18H,11-12H2,1H3/t13-/m0/s1. The summed E-state index contributed by atoms with van der Waals surface area (Å²) in [6.45, 7) is 3.15. The molecule has 2 rings (SSSR count). The van der Waals surface area contributed by atoms with E-state index in [9.17, 15) is 0 Å². The predicted molar refractivity (Wildman–Crippen MR) is 78.0 cm³/mol. The minimum Gasteiger partial charge on any atom is -0.310 e. The normalized spacial score (nSPS) is 12.3. The van der Waals surface area contributed by atoms with E-state index in [1.165, 1.54) is 11.1 Å². The summed E-state index contributed by atoms with van der Waals surface area (Å²) in [5.41, 5.74) is 2.64. The number of rotatable bonds is 5. The van der Waals surface area contributed by atoms with Gasteiger partial charge in [0.05, 0.1) is 0 Å². The van der Waals surface area contributed by atoms with Crippen LogP contribution in [0.2, 0.25) is 5.02 Å². The zero-order valence-corrected chi connectivity index (χ0v) is 11.3. The molecule has 0 saturated carbocycles. The largest absolute Gasteiger partial charge is 0.310 e. The van der Waals surface area contributed by atoms with Crippen molar-refractivity contribution in [2.24, 2.45) is 0 Å². The molecule has 2 aromatic rings. The highest BCUT2D eigenvalue weighted by atomic mass is 35.5. The third-order valence-electron chi connectivity index (χ3n) is 3.08. The van der Waals surface area contributed by atoms with Gasteiger partial charge in [-0.1, -0.05) is 54.1 Å². The van der Waals surface area contributed by atoms with Crippen LogP contribution in [0, 0.1) is 0 Å². The van der Waals surface area contributed by atoms with Crippen LogP contribution in [0.15, 0.2) is 54.6 Å². The fraction of sp³-hybridized carbons (Fsp3) is 0.250. The molecule has 0 bridgehead atoms. The highest BCUT2D eigenvalue weighted by Gasteiger charge is 2.03. The van der Waals surface area contributed by atoms with E-state index < -0.39 is 0 Å². The van der Waals surface area contributed by atoms with Crippen molar-refractivity contribution in [1.82, 2.24) is 5.32 Å². The Morgan fingerprint density at radius 2 is 1.67 bits per heavy atom. The summed E-state index contributed by atoms with van der Waals surface area (Å²) in [6.07, 6.45) is 1.05. The Hall–Kier alpha value is -1.31. The Labute approximate surface area is 114 Å². The molecule has 0 aliphatic carbocycles. The maximum Gasteiger partial charge on any atom is 0.0406 e. The lowest BCUT2D eigenvalue weighted by Gasteiger charge is -2.14. The first-order valence-electron chi connectivity index (χ1n) is 6.28. The zero-order valence-electron chi connectivity index (χ0n) is 10.6. The van der Waals surface area contributed by atoms with Gasteiger partial charge in [-0.2, -0.15) is 0 Å². The van der Waals surface area contributed by atoms with Gasteiger partial charge in [0.1, 0.15) is 0 Å². The maximum absolute atomic E-state index is 5.88. The molecule has 18 heavy (non-hydrogen) atoms. The summed E-state index contributed by atoms with van der Waals surface area (Å²) >= 11 is 5.88. The van der Waals surface area contributed by atoms with Crippen LogP contribution >= 0.6 is 11.6 Å². The lowest BCUT2D eigenvalue weighted by molar-refractivity contribution is 0.577. The van der Waals surface area contributed by atoms with Crippen LogP contribution in [0.1, 0.15) is 24.1 Å². The molecule has 0 aliphatic heterocycles. The van der Waals surface area contributed by atoms with Crippen molar-refractivity contribution in [1.29, 1.82) is 0 Å². The Balaban J connectivity index is 1.81. The molecule has 1 nitrogen and oxygen atoms in total. The van der Waals surface area contributed by atoms with Crippen molar-refractivity contribution in [3.8, 4) is 0 Å². The third kappa shape index (κ3) is 3.86. The van der Waals surface area contributed by atoms with Gasteiger partial charge in [0.25, 0.3) is 0 Å². The van der Waals surface area contributed by atoms with Crippen LogP contribution in [0.25, 0.3) is 0 Å². The Kier molecular flexibility index (Phi) is 4.80. The van der Waals surface area contributed by atoms with Crippen LogP contribution in [-0.2, 0) is 6.42 Å². The molecule has 0 unspecified atom stereocenters. The number of halogens is 1. The second kappa shape index (κ2) is 6.58. The van der Waals surface area contributed by atoms with Crippen molar-refractivity contribution >= 4 is 11.6 Å². The van der Waals surface area contributed by atoms with E-state index in [4.69, 9.17) is 11.6 Å². The smallest absolute Gasteiger partial charge is 0.0406 e. The number of nitrogens with one attached hydrogen (secondary N) is 1. The highest BCUT2D eigenvalue weighted by Crippen LogP contribution is 2.15. The van der Waals surface area contributed by atoms with E-state index in [0.29, 0.717) is 6.04 Å². The molecule has 0 radical (unpaired) electrons. The van der Waals surface area contributed by atoms with Gasteiger partial charge in [-0.3, -0.25) is 0 Å². The lowest BCUT2D eigenvalue weighted by Crippen LogP contribution is -2.21. The lowest BCUT2D eigenvalue weighted by atomic mass is 10.1. The van der Waals surface area contributed by atoms with Crippen LogP contribution in [0.3, 0.4) is 0 Å². The molecule has 2 heteroatoms. The van der Waals surface area contributed by atoms with Crippen LogP contribution in [0.4, 0.5) is 0 Å². The summed E-state index contributed by atoms with van der Waals surface area (Å²) in [5.74, 6) is 0. The molecular formula is C16H18ClN. The summed E-state index contributed by atoms with van der Waals surface area (Å²) in [6, 6.07) is 18.9. The van der Waals surface area contributed by atoms with Gasteiger partial charge in [-0.15, -0.1) is 0 Å². The number of benzene rings is 2. The van der Waals surface area contributed by atoms with E-state index in [1.54, 1.807) is 0 Å². The average molecular weight is 260 g/mol. The zero-order chi connectivity index (χ0) is 12.8. The molecule has 0 aromatic heterocycles. The van der Waals surface area contributed by atoms with E-state index in [0.717, 1.165) is 18.0 Å². The third-order valence-corrected chi connectivity index (χ3v) is 3.33. The maximum atomic E-state index is 5.88. The predicted octanol–water partition coefficient (Wildman–Crippen LogP) is 4.23. The first-order valence-corrected chi connectivity index (χ1v) is 6.66. The molecule has 0 saturated heterocycles. The van der Waals surface area contributed by atoms with Gasteiger partial charge in [0.2, 0.25) is 0 Å². The molecule has 94 valence electrons. The fourth-order valence-electron chi connectivity index (χ4n) is 1.95. The van der Waals surface area contributed by atoms with Crippen molar-refractivity contribution in [3.05, 3.63) is 70.7 Å². The van der Waals surface area contributed by atoms with Crippen LogP contribution < -0.4 is 5.32 Å². The topological polar surface area (TPSA) is 12.0 Å². The monoisotopic (exact) mass is 259 g/mol. The van der Waals surface area contributed by atoms with Crippen LogP contribution in [-0.4, -0.2) is 6.54 Å². The van der Waals surface area contributed by atoms with Crippen molar-refractivity contribution in [2.45, 2.75) is 19.4 Å². The molecule has 0 fully saturated rings. The van der Waals surface area contributed by atoms with Gasteiger partial charge in [0.15, 0.2) is 0 Å². The molecule has 0 amide bonds. The first kappa shape index (κ1) is 13.1. The fourth-order valence-corrected chi connectivity index (χ4v) is 2.07. The second-order valence-electron chi connectivity index (χ2n) is 4.46. The second-order valence-corrected chi connectivity index (χ2v) is 4.90. The summed E-state index contributed by atoms with van der Waals surface area (Å²) < 4.78 is 0. The van der Waals surface area contributed by atoms with Crippen LogP contribution in [0.5, 0.6) is 0 Å². The van der Waals surface area contributed by atoms with E-state index in [1.807, 2.05) is 18.2 Å². The minimum absolute atomic E-state index is 0.353. The SMILES string of the molecule is C[C@H](NCCc1ccccc1)c1ccc(Cl)cc1. The molecule has 0 spiro atoms. The van der Waals surface area contributed by atoms with Crippen molar-refractivity contribution in [2.75, 3.05) is 6.54 Å². The van der Waals surface area contributed by atoms with Gasteiger partial charge in [-0.25, -0.2) is 0 Å². The summed E-state index contributed by atoms with van der Waals surface area (Å²) in [7, 11) is 0. The Morgan fingerprint density at radius 3 is 2.33 bits per heavy atom. The Bertz CT molecular complexity index is 464. The molecule has 0 aliphatic rings. The van der Waals surface area contributed by atoms with E-state index in [-0.39, 0.29) is 0 Å². The average Bonchev–Trinajstić information content (AvgIpc) is 2.40. The molecule has 0 heterocycles. The van der Waals surface area contributed by atoms with Gasteiger partial charge in [-0.05, 0) is 43.1 Å². The molecular weight excluding hydrogens is 242 g/mol. The molecule has 1 atom stereocenters. The minimum atomic E-state index is 0.353. The quantitative estimate of drug-likeness (QED) is 0.847. The van der Waals surface area contributed by atoms with Crippen molar-refractivity contribution < 1.29 is 0 Å². The van der Waals surface area contributed by atoms with Crippen molar-refractivity contribution in [3.63, 3.8) is 0 Å². The van der Waals surface area contributed by atoms with Gasteiger partial charge >= 0.3 is 0 Å². The van der Waals surface area contributed by atoms with Gasteiger partial charge in [0, 0.05) is 11.1 Å². The Morgan fingerprint density at radius 1 is 1.00 bits per heavy atom. The van der Waals surface area contributed by atoms with E-state index in [2.05, 4.69) is 48.6 Å².